The van der Waals surface area contributed by atoms with E-state index in [1.165, 1.54) is 0 Å². The molecular formula is C20H22O3. The van der Waals surface area contributed by atoms with Crippen LogP contribution < -0.4 is 4.74 Å². The van der Waals surface area contributed by atoms with Crippen molar-refractivity contribution in [2.45, 2.75) is 27.2 Å². The molecular weight excluding hydrogens is 288 g/mol. The van der Waals surface area contributed by atoms with Crippen molar-refractivity contribution >= 4 is 11.6 Å². The molecule has 2 aromatic rings. The number of benzene rings is 2. The Labute approximate surface area is 137 Å². The number of hydrogen-bond acceptors (Lipinski definition) is 3. The van der Waals surface area contributed by atoms with Crippen molar-refractivity contribution < 1.29 is 14.3 Å². The predicted octanol–water partition coefficient (Wildman–Crippen LogP) is 4.49. The first-order valence-corrected chi connectivity index (χ1v) is 7.82. The minimum atomic E-state index is -0.175. The van der Waals surface area contributed by atoms with Crippen molar-refractivity contribution in [3.63, 3.8) is 0 Å². The van der Waals surface area contributed by atoms with E-state index >= 15 is 0 Å². The maximum absolute atomic E-state index is 12.5. The zero-order valence-corrected chi connectivity index (χ0v) is 13.8. The Morgan fingerprint density at radius 3 is 2.35 bits per heavy atom. The molecule has 2 aromatic carbocycles. The summed E-state index contributed by atoms with van der Waals surface area (Å²) in [5.74, 6) is 0.741. The number of aryl methyl sites for hydroxylation is 1. The molecule has 0 fully saturated rings. The van der Waals surface area contributed by atoms with Crippen molar-refractivity contribution in [2.75, 3.05) is 6.61 Å². The highest BCUT2D eigenvalue weighted by atomic mass is 16.5. The smallest absolute Gasteiger partial charge is 0.171 e. The SMILES string of the molecule is Cc1ccc(OCC(C)C)cc1C(=O)CC(=O)c1ccccc1. The highest BCUT2D eigenvalue weighted by Crippen LogP contribution is 2.20. The van der Waals surface area contributed by atoms with E-state index in [2.05, 4.69) is 13.8 Å². The number of rotatable bonds is 7. The fraction of sp³-hybridized carbons (Fsp3) is 0.300. The molecule has 0 aromatic heterocycles. The van der Waals surface area contributed by atoms with Gasteiger partial charge in [0.2, 0.25) is 0 Å². The third-order valence-electron chi connectivity index (χ3n) is 3.51. The van der Waals surface area contributed by atoms with Crippen LogP contribution in [0.4, 0.5) is 0 Å². The van der Waals surface area contributed by atoms with E-state index in [4.69, 9.17) is 4.74 Å². The van der Waals surface area contributed by atoms with E-state index in [0.29, 0.717) is 29.4 Å². The fourth-order valence-electron chi connectivity index (χ4n) is 2.22. The van der Waals surface area contributed by atoms with Crippen LogP contribution in [-0.4, -0.2) is 18.2 Å². The fourth-order valence-corrected chi connectivity index (χ4v) is 2.22. The monoisotopic (exact) mass is 310 g/mol. The van der Waals surface area contributed by atoms with Gasteiger partial charge in [-0.3, -0.25) is 9.59 Å². The Hall–Kier alpha value is -2.42. The van der Waals surface area contributed by atoms with Crippen LogP contribution in [0.5, 0.6) is 5.75 Å². The van der Waals surface area contributed by atoms with Gasteiger partial charge in [0.15, 0.2) is 11.6 Å². The summed E-state index contributed by atoms with van der Waals surface area (Å²) in [4.78, 5) is 24.7. The molecule has 0 radical (unpaired) electrons. The normalized spacial score (nSPS) is 10.6. The number of Topliss-reactive ketones (excluding diaryl/α,β-unsaturated/α-hetero) is 2. The quantitative estimate of drug-likeness (QED) is 0.559. The molecule has 2 rings (SSSR count). The molecule has 3 nitrogen and oxygen atoms in total. The van der Waals surface area contributed by atoms with E-state index in [1.54, 1.807) is 30.3 Å². The van der Waals surface area contributed by atoms with Gasteiger partial charge in [0.1, 0.15) is 5.75 Å². The van der Waals surface area contributed by atoms with E-state index in [-0.39, 0.29) is 18.0 Å². The van der Waals surface area contributed by atoms with Crippen molar-refractivity contribution in [2.24, 2.45) is 5.92 Å². The second kappa shape index (κ2) is 7.73. The second-order valence-electron chi connectivity index (χ2n) is 6.07. The lowest BCUT2D eigenvalue weighted by atomic mass is 9.98. The first kappa shape index (κ1) is 16.9. The van der Waals surface area contributed by atoms with Crippen LogP contribution in [0.1, 0.15) is 46.5 Å². The summed E-state index contributed by atoms with van der Waals surface area (Å²) < 4.78 is 5.67. The largest absolute Gasteiger partial charge is 0.493 e. The number of carbonyl (C=O) groups is 2. The third kappa shape index (κ3) is 4.78. The molecule has 3 heteroatoms. The summed E-state index contributed by atoms with van der Waals surface area (Å²) in [6.07, 6.45) is -0.127. The molecule has 0 aliphatic carbocycles. The summed E-state index contributed by atoms with van der Waals surface area (Å²) in [5.41, 5.74) is 1.97. The standard InChI is InChI=1S/C20H22O3/c1-14(2)13-23-17-10-9-15(3)18(11-17)20(22)12-19(21)16-7-5-4-6-8-16/h4-11,14H,12-13H2,1-3H3. The van der Waals surface area contributed by atoms with Crippen molar-refractivity contribution in [1.82, 2.24) is 0 Å². The molecule has 0 saturated carbocycles. The number of ketones is 2. The van der Waals surface area contributed by atoms with Gasteiger partial charge >= 0.3 is 0 Å². The van der Waals surface area contributed by atoms with Gasteiger partial charge in [0.05, 0.1) is 13.0 Å². The molecule has 120 valence electrons. The zero-order valence-electron chi connectivity index (χ0n) is 13.8. The Morgan fingerprint density at radius 1 is 1.00 bits per heavy atom. The predicted molar refractivity (Wildman–Crippen MR) is 91.2 cm³/mol. The highest BCUT2D eigenvalue weighted by Gasteiger charge is 2.16. The molecule has 0 amide bonds. The Morgan fingerprint density at radius 2 is 1.70 bits per heavy atom. The van der Waals surface area contributed by atoms with Crippen LogP contribution in [0.25, 0.3) is 0 Å². The van der Waals surface area contributed by atoms with E-state index in [1.807, 2.05) is 25.1 Å². The number of ether oxygens (including phenoxy) is 1. The summed E-state index contributed by atoms with van der Waals surface area (Å²) in [7, 11) is 0. The maximum Gasteiger partial charge on any atom is 0.171 e. The van der Waals surface area contributed by atoms with Gasteiger partial charge in [0, 0.05) is 11.1 Å². The summed E-state index contributed by atoms with van der Waals surface area (Å²) >= 11 is 0. The average Bonchev–Trinajstić information content (AvgIpc) is 2.54. The first-order chi connectivity index (χ1) is 11.0. The van der Waals surface area contributed by atoms with E-state index in [0.717, 1.165) is 5.56 Å². The lowest BCUT2D eigenvalue weighted by Gasteiger charge is -2.11. The lowest BCUT2D eigenvalue weighted by Crippen LogP contribution is -2.11. The maximum atomic E-state index is 12.5. The highest BCUT2D eigenvalue weighted by molar-refractivity contribution is 6.14. The second-order valence-corrected chi connectivity index (χ2v) is 6.07. The van der Waals surface area contributed by atoms with Crippen LogP contribution in [0.2, 0.25) is 0 Å². The summed E-state index contributed by atoms with van der Waals surface area (Å²) in [6.45, 7) is 6.60. The van der Waals surface area contributed by atoms with Crippen LogP contribution >= 0.6 is 0 Å². The molecule has 0 aliphatic rings. The van der Waals surface area contributed by atoms with Gasteiger partial charge in [-0.25, -0.2) is 0 Å². The van der Waals surface area contributed by atoms with Crippen LogP contribution in [0, 0.1) is 12.8 Å². The molecule has 0 bridgehead atoms. The Kier molecular flexibility index (Phi) is 5.69. The van der Waals surface area contributed by atoms with Gasteiger partial charge in [-0.15, -0.1) is 0 Å². The molecule has 0 heterocycles. The summed E-state index contributed by atoms with van der Waals surface area (Å²) in [5, 5.41) is 0. The van der Waals surface area contributed by atoms with Crippen molar-refractivity contribution in [1.29, 1.82) is 0 Å². The number of carbonyl (C=O) groups excluding carboxylic acids is 2. The molecule has 0 unspecified atom stereocenters. The molecule has 0 N–H and O–H groups in total. The minimum Gasteiger partial charge on any atom is -0.493 e. The summed E-state index contributed by atoms with van der Waals surface area (Å²) in [6, 6.07) is 14.3. The van der Waals surface area contributed by atoms with Gasteiger partial charge in [0.25, 0.3) is 0 Å². The molecule has 0 aliphatic heterocycles. The average molecular weight is 310 g/mol. The molecule has 0 saturated heterocycles. The number of hydrogen-bond donors (Lipinski definition) is 0. The van der Waals surface area contributed by atoms with E-state index in [9.17, 15) is 9.59 Å². The van der Waals surface area contributed by atoms with E-state index < -0.39 is 0 Å². The Balaban J connectivity index is 2.12. The zero-order chi connectivity index (χ0) is 16.8. The first-order valence-electron chi connectivity index (χ1n) is 7.82. The molecule has 0 spiro atoms. The van der Waals surface area contributed by atoms with Crippen molar-refractivity contribution in [3.05, 3.63) is 65.2 Å². The molecule has 0 atom stereocenters. The van der Waals surface area contributed by atoms with Crippen molar-refractivity contribution in [3.8, 4) is 5.75 Å². The van der Waals surface area contributed by atoms with Gasteiger partial charge in [-0.1, -0.05) is 50.2 Å². The minimum absolute atomic E-state index is 0.127. The topological polar surface area (TPSA) is 43.4 Å². The Bertz CT molecular complexity index is 687. The van der Waals surface area contributed by atoms with Gasteiger partial charge in [-0.05, 0) is 30.5 Å². The molecule has 23 heavy (non-hydrogen) atoms. The third-order valence-corrected chi connectivity index (χ3v) is 3.51. The van der Waals surface area contributed by atoms with Crippen LogP contribution in [0.3, 0.4) is 0 Å². The lowest BCUT2D eigenvalue weighted by molar-refractivity contribution is 0.0893. The van der Waals surface area contributed by atoms with Gasteiger partial charge < -0.3 is 4.74 Å². The van der Waals surface area contributed by atoms with Crippen LogP contribution in [-0.2, 0) is 0 Å². The van der Waals surface area contributed by atoms with Crippen LogP contribution in [0.15, 0.2) is 48.5 Å². The van der Waals surface area contributed by atoms with Gasteiger partial charge in [-0.2, -0.15) is 0 Å².